The van der Waals surface area contributed by atoms with Gasteiger partial charge in [0.15, 0.2) is 0 Å². The number of nitrogens with one attached hydrogen (secondary N) is 1. The smallest absolute Gasteiger partial charge is 0.146 e. The molecule has 2 nitrogen and oxygen atoms in total. The summed E-state index contributed by atoms with van der Waals surface area (Å²) in [4.78, 5) is 0. The Balaban J connectivity index is 1.92. The maximum atomic E-state index is 13.7. The first-order valence-corrected chi connectivity index (χ1v) is 6.83. The summed E-state index contributed by atoms with van der Waals surface area (Å²) in [5.74, 6) is 0.404. The fourth-order valence-corrected chi connectivity index (χ4v) is 2.11. The summed E-state index contributed by atoms with van der Waals surface area (Å²) >= 11 is 0. The van der Waals surface area contributed by atoms with Gasteiger partial charge in [0.05, 0.1) is 12.8 Å². The van der Waals surface area contributed by atoms with E-state index in [-0.39, 0.29) is 11.9 Å². The van der Waals surface area contributed by atoms with Crippen molar-refractivity contribution in [3.8, 4) is 5.75 Å². The number of hydrogen-bond donors (Lipinski definition) is 1. The average Bonchev–Trinajstić information content (AvgIpc) is 2.48. The first kappa shape index (κ1) is 14.4. The van der Waals surface area contributed by atoms with Gasteiger partial charge < -0.3 is 10.1 Å². The fraction of sp³-hybridized carbons (Fsp3) is 0.294. The monoisotopic (exact) mass is 273 g/mol. The summed E-state index contributed by atoms with van der Waals surface area (Å²) < 4.78 is 18.8. The lowest BCUT2D eigenvalue weighted by atomic mass is 10.1. The van der Waals surface area contributed by atoms with Crippen LogP contribution in [-0.2, 0) is 6.42 Å². The van der Waals surface area contributed by atoms with E-state index < -0.39 is 0 Å². The van der Waals surface area contributed by atoms with Crippen molar-refractivity contribution in [1.29, 1.82) is 0 Å². The molecule has 2 rings (SSSR count). The first-order chi connectivity index (χ1) is 9.69. The molecule has 0 heterocycles. The van der Waals surface area contributed by atoms with Gasteiger partial charge in [-0.2, -0.15) is 0 Å². The Bertz CT molecular complexity index is 542. The summed E-state index contributed by atoms with van der Waals surface area (Å²) in [7, 11) is 1.58. The van der Waals surface area contributed by atoms with Crippen LogP contribution in [0.25, 0.3) is 0 Å². The molecule has 0 aromatic heterocycles. The minimum absolute atomic E-state index is 0.191. The Kier molecular flexibility index (Phi) is 4.99. The van der Waals surface area contributed by atoms with Crippen LogP contribution >= 0.6 is 0 Å². The van der Waals surface area contributed by atoms with Crippen LogP contribution in [0.15, 0.2) is 48.5 Å². The maximum absolute atomic E-state index is 13.7. The van der Waals surface area contributed by atoms with Gasteiger partial charge in [0.25, 0.3) is 0 Å². The number of hydrogen-bond acceptors (Lipinski definition) is 2. The molecule has 0 spiro atoms. The van der Waals surface area contributed by atoms with Gasteiger partial charge in [-0.25, -0.2) is 4.39 Å². The van der Waals surface area contributed by atoms with E-state index in [1.165, 1.54) is 11.6 Å². The number of anilines is 1. The molecule has 0 saturated heterocycles. The maximum Gasteiger partial charge on any atom is 0.146 e. The highest BCUT2D eigenvalue weighted by Crippen LogP contribution is 2.22. The Hall–Kier alpha value is -2.03. The third kappa shape index (κ3) is 3.98. The molecule has 106 valence electrons. The zero-order valence-electron chi connectivity index (χ0n) is 11.9. The molecule has 1 atom stereocenters. The molecular weight excluding hydrogens is 253 g/mol. The second kappa shape index (κ2) is 6.94. The number of aryl methyl sites for hydroxylation is 1. The van der Waals surface area contributed by atoms with Gasteiger partial charge in [-0.3, -0.25) is 0 Å². The Morgan fingerprint density at radius 1 is 1.15 bits per heavy atom. The molecule has 1 unspecified atom stereocenters. The zero-order chi connectivity index (χ0) is 14.4. The lowest BCUT2D eigenvalue weighted by Gasteiger charge is -2.16. The van der Waals surface area contributed by atoms with E-state index in [2.05, 4.69) is 24.4 Å². The van der Waals surface area contributed by atoms with Crippen molar-refractivity contribution in [1.82, 2.24) is 0 Å². The number of halogens is 1. The molecule has 0 bridgehead atoms. The van der Waals surface area contributed by atoms with Gasteiger partial charge in [0.1, 0.15) is 11.6 Å². The first-order valence-electron chi connectivity index (χ1n) is 6.83. The predicted octanol–water partition coefficient (Wildman–Crippen LogP) is 4.27. The van der Waals surface area contributed by atoms with Crippen LogP contribution in [0.2, 0.25) is 0 Å². The second-order valence-corrected chi connectivity index (χ2v) is 4.92. The van der Waals surface area contributed by atoms with Gasteiger partial charge in [-0.1, -0.05) is 30.3 Å². The molecule has 0 fully saturated rings. The van der Waals surface area contributed by atoms with E-state index in [0.717, 1.165) is 12.8 Å². The highest BCUT2D eigenvalue weighted by molar-refractivity contribution is 5.50. The van der Waals surface area contributed by atoms with Gasteiger partial charge in [0, 0.05) is 12.1 Å². The SMILES string of the molecule is COc1ccc(F)c(NC(C)CCc2ccccc2)c1. The number of ether oxygens (including phenoxy) is 1. The molecule has 0 saturated carbocycles. The van der Waals surface area contributed by atoms with E-state index in [9.17, 15) is 4.39 Å². The highest BCUT2D eigenvalue weighted by atomic mass is 19.1. The van der Waals surface area contributed by atoms with E-state index in [1.54, 1.807) is 19.2 Å². The molecule has 3 heteroatoms. The van der Waals surface area contributed by atoms with Gasteiger partial charge in [-0.05, 0) is 37.5 Å². The topological polar surface area (TPSA) is 21.3 Å². The van der Waals surface area contributed by atoms with Crippen molar-refractivity contribution in [2.75, 3.05) is 12.4 Å². The van der Waals surface area contributed by atoms with Crippen LogP contribution in [-0.4, -0.2) is 13.2 Å². The molecule has 2 aromatic carbocycles. The quantitative estimate of drug-likeness (QED) is 0.848. The van der Waals surface area contributed by atoms with Crippen LogP contribution in [0.5, 0.6) is 5.75 Å². The van der Waals surface area contributed by atoms with Crippen LogP contribution in [0, 0.1) is 5.82 Å². The Morgan fingerprint density at radius 3 is 2.60 bits per heavy atom. The summed E-state index contributed by atoms with van der Waals surface area (Å²) in [5.41, 5.74) is 1.79. The summed E-state index contributed by atoms with van der Waals surface area (Å²) in [6.45, 7) is 2.06. The third-order valence-electron chi connectivity index (χ3n) is 3.28. The lowest BCUT2D eigenvalue weighted by Crippen LogP contribution is -2.17. The van der Waals surface area contributed by atoms with Crippen LogP contribution < -0.4 is 10.1 Å². The van der Waals surface area contributed by atoms with Gasteiger partial charge in [-0.15, -0.1) is 0 Å². The lowest BCUT2D eigenvalue weighted by molar-refractivity contribution is 0.414. The number of benzene rings is 2. The zero-order valence-corrected chi connectivity index (χ0v) is 11.9. The van der Waals surface area contributed by atoms with Crippen molar-refractivity contribution >= 4 is 5.69 Å². The molecule has 0 aliphatic rings. The second-order valence-electron chi connectivity index (χ2n) is 4.92. The molecule has 0 radical (unpaired) electrons. The van der Waals surface area contributed by atoms with Crippen molar-refractivity contribution < 1.29 is 9.13 Å². The Labute approximate surface area is 119 Å². The van der Waals surface area contributed by atoms with E-state index in [0.29, 0.717) is 11.4 Å². The van der Waals surface area contributed by atoms with Crippen LogP contribution in [0.1, 0.15) is 18.9 Å². The van der Waals surface area contributed by atoms with Gasteiger partial charge in [0.2, 0.25) is 0 Å². The molecule has 0 aliphatic heterocycles. The van der Waals surface area contributed by atoms with Crippen LogP contribution in [0.3, 0.4) is 0 Å². The standard InChI is InChI=1S/C17H20FNO/c1-13(8-9-14-6-4-3-5-7-14)19-17-12-15(20-2)10-11-16(17)18/h3-7,10-13,19H,8-9H2,1-2H3. The largest absolute Gasteiger partial charge is 0.497 e. The van der Waals surface area contributed by atoms with Gasteiger partial charge >= 0.3 is 0 Å². The van der Waals surface area contributed by atoms with E-state index in [4.69, 9.17) is 4.74 Å². The summed E-state index contributed by atoms with van der Waals surface area (Å²) in [5, 5.41) is 3.20. The molecular formula is C17H20FNO. The third-order valence-corrected chi connectivity index (χ3v) is 3.28. The number of rotatable bonds is 6. The summed E-state index contributed by atoms with van der Waals surface area (Å²) in [6.07, 6.45) is 1.92. The minimum atomic E-state index is -0.252. The van der Waals surface area contributed by atoms with Crippen molar-refractivity contribution in [3.05, 3.63) is 59.9 Å². The average molecular weight is 273 g/mol. The van der Waals surface area contributed by atoms with E-state index >= 15 is 0 Å². The van der Waals surface area contributed by atoms with Crippen molar-refractivity contribution in [2.24, 2.45) is 0 Å². The normalized spacial score (nSPS) is 11.9. The number of methoxy groups -OCH3 is 1. The minimum Gasteiger partial charge on any atom is -0.497 e. The summed E-state index contributed by atoms with van der Waals surface area (Å²) in [6, 6.07) is 15.2. The molecule has 1 N–H and O–H groups in total. The fourth-order valence-electron chi connectivity index (χ4n) is 2.11. The molecule has 2 aromatic rings. The Morgan fingerprint density at radius 2 is 1.90 bits per heavy atom. The van der Waals surface area contributed by atoms with E-state index in [1.807, 2.05) is 18.2 Å². The van der Waals surface area contributed by atoms with Crippen molar-refractivity contribution in [3.63, 3.8) is 0 Å². The highest BCUT2D eigenvalue weighted by Gasteiger charge is 2.08. The van der Waals surface area contributed by atoms with Crippen LogP contribution in [0.4, 0.5) is 10.1 Å². The predicted molar refractivity (Wildman–Crippen MR) is 80.8 cm³/mol. The van der Waals surface area contributed by atoms with Crippen molar-refractivity contribution in [2.45, 2.75) is 25.8 Å². The molecule has 0 aliphatic carbocycles. The molecule has 20 heavy (non-hydrogen) atoms. The molecule has 0 amide bonds.